The van der Waals surface area contributed by atoms with E-state index >= 15 is 0 Å². The van der Waals surface area contributed by atoms with E-state index in [1.54, 1.807) is 51.8 Å². The minimum Gasteiger partial charge on any atom is -0.459 e. The van der Waals surface area contributed by atoms with Crippen LogP contribution in [0.3, 0.4) is 0 Å². The standard InChI is InChI=1S/C53H87FN8O12/c1-14-43-53(10,67)47(63)36(6)60(12)26-32(2)23-51(8,66)49(34(4)46(35(5)50(65)72-43)73-45-24-52(9,68-13)48(64)37(7)71-45)74-44-22-41(21-33(3)70-44)59(11)20-19-39-27-61(58-57-39)42(25-54)29-69-28-38-15-17-40(18-16-38)62-31-55-30-56-62/h15-18,27,30-37,41-49,63-64,66-67H,14,19-26,28-29H2,1-13H3/t32-,33-,34+,35-,36-,37+,41+,42-,43-,44+,45+,46+,47-,48+,49-,51-,52-,53-/m1/s1. The van der Waals surface area contributed by atoms with Crippen molar-refractivity contribution in [3.05, 3.63) is 54.4 Å². The van der Waals surface area contributed by atoms with Gasteiger partial charge in [-0.3, -0.25) is 4.79 Å². The van der Waals surface area contributed by atoms with Crippen LogP contribution in [-0.4, -0.2) is 198 Å². The van der Waals surface area contributed by atoms with Crippen LogP contribution in [0.5, 0.6) is 0 Å². The molecule has 0 bridgehead atoms. The van der Waals surface area contributed by atoms with Crippen molar-refractivity contribution >= 4 is 5.97 Å². The van der Waals surface area contributed by atoms with Crippen molar-refractivity contribution < 1.29 is 62.8 Å². The van der Waals surface area contributed by atoms with E-state index in [-0.39, 0.29) is 43.9 Å². The number of methoxy groups -OCH3 is 1. The molecule has 0 radical (unpaired) electrons. The fourth-order valence-corrected chi connectivity index (χ4v) is 11.3. The summed E-state index contributed by atoms with van der Waals surface area (Å²) in [7, 11) is 5.41. The average molecular weight is 1050 g/mol. The number of aliphatic hydroxyl groups excluding tert-OH is 2. The van der Waals surface area contributed by atoms with E-state index in [0.29, 0.717) is 44.7 Å². The lowest BCUT2D eigenvalue weighted by Gasteiger charge is -2.48. The quantitative estimate of drug-likeness (QED) is 0.137. The largest absolute Gasteiger partial charge is 0.459 e. The molecule has 3 aromatic rings. The number of halogens is 1. The number of rotatable bonds is 17. The fraction of sp³-hybridized carbons (Fsp3) is 0.792. The van der Waals surface area contributed by atoms with Gasteiger partial charge in [0.1, 0.15) is 49.3 Å². The SMILES string of the molecule is CC[C@H]1OC(=O)[C@H](C)[C@@H](O[C@H]2C[C@@](C)(OC)[C@@H](O)[C@H](C)O2)[C@H](C)[C@@H](O[C@H]2C[C@@H](N(C)CCc3cn([C@H](CF)COCc4ccc(-n5cncn5)cc4)nn3)C[C@@H](C)O2)[C@](C)(O)C[C@@H](C)CN(C)[C@H](C)[C@@H](O)[C@]1(C)O. The number of carbonyl (C=O) groups excluding carboxylic acids is 1. The summed E-state index contributed by atoms with van der Waals surface area (Å²) in [6, 6.07) is 6.50. The van der Waals surface area contributed by atoms with Gasteiger partial charge in [0.05, 0.1) is 66.1 Å². The third-order valence-electron chi connectivity index (χ3n) is 16.1. The number of benzene rings is 1. The second-order valence-corrected chi connectivity index (χ2v) is 22.3. The zero-order valence-corrected chi connectivity index (χ0v) is 46.0. The lowest BCUT2D eigenvalue weighted by molar-refractivity contribution is -0.308. The van der Waals surface area contributed by atoms with Gasteiger partial charge in [0.15, 0.2) is 12.6 Å². The van der Waals surface area contributed by atoms with E-state index < -0.39 is 103 Å². The normalized spacial score (nSPS) is 37.8. The van der Waals surface area contributed by atoms with Gasteiger partial charge in [0.2, 0.25) is 0 Å². The molecule has 418 valence electrons. The molecule has 6 rings (SSSR count). The van der Waals surface area contributed by atoms with Crippen LogP contribution in [-0.2, 0) is 51.0 Å². The highest BCUT2D eigenvalue weighted by atomic mass is 19.1. The Bertz CT molecular complexity index is 2170. The Morgan fingerprint density at radius 1 is 0.973 bits per heavy atom. The molecule has 0 saturated carbocycles. The minimum absolute atomic E-state index is 0.00550. The predicted octanol–water partition coefficient (Wildman–Crippen LogP) is 4.44. The maximum atomic E-state index is 14.5. The van der Waals surface area contributed by atoms with Gasteiger partial charge in [-0.25, -0.2) is 18.7 Å². The van der Waals surface area contributed by atoms with Gasteiger partial charge in [-0.05, 0) is 105 Å². The van der Waals surface area contributed by atoms with Crippen LogP contribution >= 0.6 is 0 Å². The van der Waals surface area contributed by atoms with E-state index in [1.807, 2.05) is 71.0 Å². The maximum absolute atomic E-state index is 14.5. The van der Waals surface area contributed by atoms with Crippen LogP contribution in [0, 0.1) is 17.8 Å². The predicted molar refractivity (Wildman–Crippen MR) is 271 cm³/mol. The maximum Gasteiger partial charge on any atom is 0.311 e. The highest BCUT2D eigenvalue weighted by molar-refractivity contribution is 5.73. The first-order valence-electron chi connectivity index (χ1n) is 26.5. The highest BCUT2D eigenvalue weighted by Crippen LogP contribution is 2.40. The summed E-state index contributed by atoms with van der Waals surface area (Å²) in [6.45, 7) is 18.7. The van der Waals surface area contributed by atoms with Crippen molar-refractivity contribution in [1.29, 1.82) is 0 Å². The number of ether oxygens (including phenoxy) is 7. The van der Waals surface area contributed by atoms with Gasteiger partial charge in [-0.2, -0.15) is 5.10 Å². The van der Waals surface area contributed by atoms with Crippen LogP contribution in [0.2, 0.25) is 0 Å². The van der Waals surface area contributed by atoms with E-state index in [0.717, 1.165) is 11.3 Å². The van der Waals surface area contributed by atoms with Gasteiger partial charge in [0.25, 0.3) is 0 Å². The Balaban J connectivity index is 1.18. The minimum atomic E-state index is -1.82. The first-order chi connectivity index (χ1) is 34.9. The van der Waals surface area contributed by atoms with Crippen molar-refractivity contribution in [3.63, 3.8) is 0 Å². The van der Waals surface area contributed by atoms with Gasteiger partial charge >= 0.3 is 5.97 Å². The summed E-state index contributed by atoms with van der Waals surface area (Å²) >= 11 is 0. The molecule has 5 heterocycles. The summed E-state index contributed by atoms with van der Waals surface area (Å²) in [6.07, 6.45) is -0.803. The Hall–Kier alpha value is -3.58. The second kappa shape index (κ2) is 25.7. The van der Waals surface area contributed by atoms with Crippen LogP contribution in [0.15, 0.2) is 43.1 Å². The lowest BCUT2D eigenvalue weighted by Crippen LogP contribution is -2.59. The number of cyclic esters (lactones) is 1. The van der Waals surface area contributed by atoms with Crippen LogP contribution < -0.4 is 0 Å². The fourth-order valence-electron chi connectivity index (χ4n) is 11.3. The Labute approximate surface area is 437 Å². The zero-order valence-electron chi connectivity index (χ0n) is 46.0. The molecule has 3 fully saturated rings. The average Bonchev–Trinajstić information content (AvgIpc) is 4.08. The van der Waals surface area contributed by atoms with Crippen molar-refractivity contribution in [1.82, 2.24) is 39.6 Å². The Kier molecular flexibility index (Phi) is 20.7. The Morgan fingerprint density at radius 2 is 1.69 bits per heavy atom. The number of aromatic nitrogens is 6. The van der Waals surface area contributed by atoms with E-state index in [2.05, 4.69) is 25.3 Å². The lowest BCUT2D eigenvalue weighted by atomic mass is 9.77. The molecular weight excluding hydrogens is 960 g/mol. The molecule has 0 aliphatic carbocycles. The topological polar surface area (TPSA) is 230 Å². The van der Waals surface area contributed by atoms with E-state index in [1.165, 1.54) is 25.0 Å². The summed E-state index contributed by atoms with van der Waals surface area (Å²) in [5, 5.41) is 60.3. The summed E-state index contributed by atoms with van der Waals surface area (Å²) in [4.78, 5) is 22.6. The molecule has 3 saturated heterocycles. The van der Waals surface area contributed by atoms with E-state index in [9.17, 15) is 29.6 Å². The number of aliphatic hydroxyl groups is 4. The summed E-state index contributed by atoms with van der Waals surface area (Å²) in [5.74, 6) is -2.56. The summed E-state index contributed by atoms with van der Waals surface area (Å²) in [5.41, 5.74) is -1.88. The van der Waals surface area contributed by atoms with Gasteiger partial charge < -0.3 is 63.4 Å². The van der Waals surface area contributed by atoms with E-state index in [4.69, 9.17) is 33.2 Å². The Morgan fingerprint density at radius 3 is 2.34 bits per heavy atom. The molecule has 3 aliphatic rings. The molecular formula is C53H87FN8O12. The van der Waals surface area contributed by atoms with Gasteiger partial charge in [-0.1, -0.05) is 38.1 Å². The monoisotopic (exact) mass is 1050 g/mol. The van der Waals surface area contributed by atoms with Crippen molar-refractivity contribution in [2.75, 3.05) is 47.6 Å². The second-order valence-electron chi connectivity index (χ2n) is 22.3. The molecule has 0 amide bonds. The molecule has 18 atom stereocenters. The molecule has 21 heteroatoms. The number of hydrogen-bond acceptors (Lipinski definition) is 18. The molecule has 20 nitrogen and oxygen atoms in total. The van der Waals surface area contributed by atoms with Crippen molar-refractivity contribution in [2.45, 2.75) is 205 Å². The van der Waals surface area contributed by atoms with Crippen LogP contribution in [0.4, 0.5) is 4.39 Å². The highest BCUT2D eigenvalue weighted by Gasteiger charge is 2.52. The van der Waals surface area contributed by atoms with Crippen molar-refractivity contribution in [3.8, 4) is 5.69 Å². The molecule has 3 aliphatic heterocycles. The zero-order chi connectivity index (χ0) is 54.3. The summed E-state index contributed by atoms with van der Waals surface area (Å²) < 4.78 is 62.1. The number of hydrogen-bond donors (Lipinski definition) is 4. The van der Waals surface area contributed by atoms with Gasteiger partial charge in [-0.15, -0.1) is 5.10 Å². The van der Waals surface area contributed by atoms with Gasteiger partial charge in [0, 0.05) is 63.7 Å². The smallest absolute Gasteiger partial charge is 0.311 e. The number of nitrogens with zero attached hydrogens (tertiary/aromatic N) is 8. The molecule has 74 heavy (non-hydrogen) atoms. The molecule has 1 aromatic carbocycles. The molecule has 4 N–H and O–H groups in total. The first-order valence-corrected chi connectivity index (χ1v) is 26.5. The van der Waals surface area contributed by atoms with Crippen LogP contribution in [0.25, 0.3) is 5.69 Å². The van der Waals surface area contributed by atoms with Crippen molar-refractivity contribution in [2.24, 2.45) is 17.8 Å². The third kappa shape index (κ3) is 14.5. The molecule has 0 spiro atoms. The number of likely N-dealkylation sites (N-methyl/N-ethyl adjacent to an activating group) is 2. The number of alkyl halides is 1. The number of carbonyl (C=O) groups is 1. The molecule has 0 unspecified atom stereocenters. The van der Waals surface area contributed by atoms with Crippen LogP contribution in [0.1, 0.15) is 119 Å². The third-order valence-corrected chi connectivity index (χ3v) is 16.1. The first kappa shape index (κ1) is 59.7. The molecule has 2 aromatic heterocycles. The number of esters is 1.